The second kappa shape index (κ2) is 9.12. The number of carbonyl (C=O) groups is 1. The first-order valence-electron chi connectivity index (χ1n) is 7.95. The van der Waals surface area contributed by atoms with Crippen LogP contribution >= 0.6 is 11.6 Å². The molecule has 0 spiro atoms. The third-order valence-electron chi connectivity index (χ3n) is 3.79. The lowest BCUT2D eigenvalue weighted by atomic mass is 10.1. The third-order valence-corrected chi connectivity index (χ3v) is 5.40. The van der Waals surface area contributed by atoms with Gasteiger partial charge in [-0.25, -0.2) is 12.8 Å². The van der Waals surface area contributed by atoms with Crippen LogP contribution in [0.5, 0.6) is 0 Å². The van der Waals surface area contributed by atoms with Crippen LogP contribution in [0.2, 0.25) is 5.02 Å². The van der Waals surface area contributed by atoms with Gasteiger partial charge in [-0.3, -0.25) is 4.79 Å². The molecule has 0 radical (unpaired) electrons. The van der Waals surface area contributed by atoms with Crippen molar-refractivity contribution in [1.82, 2.24) is 9.62 Å². The topological polar surface area (TPSA) is 66.5 Å². The fourth-order valence-electron chi connectivity index (χ4n) is 2.32. The number of sulfonamides is 1. The Morgan fingerprint density at radius 2 is 1.81 bits per heavy atom. The number of rotatable bonds is 8. The van der Waals surface area contributed by atoms with E-state index in [9.17, 15) is 17.6 Å². The van der Waals surface area contributed by atoms with Crippen molar-refractivity contribution in [2.45, 2.75) is 13.0 Å². The van der Waals surface area contributed by atoms with E-state index >= 15 is 0 Å². The number of halogens is 2. The van der Waals surface area contributed by atoms with Gasteiger partial charge in [-0.05, 0) is 35.7 Å². The zero-order valence-electron chi connectivity index (χ0n) is 14.3. The van der Waals surface area contributed by atoms with Crippen LogP contribution in [0, 0.1) is 5.82 Å². The average Bonchev–Trinajstić information content (AvgIpc) is 2.58. The van der Waals surface area contributed by atoms with Crippen molar-refractivity contribution < 1.29 is 17.6 Å². The predicted molar refractivity (Wildman–Crippen MR) is 99.8 cm³/mol. The first-order chi connectivity index (χ1) is 12.3. The van der Waals surface area contributed by atoms with Crippen molar-refractivity contribution in [3.8, 4) is 0 Å². The van der Waals surface area contributed by atoms with Crippen LogP contribution in [0.1, 0.15) is 11.1 Å². The minimum absolute atomic E-state index is 0.129. The Morgan fingerprint density at radius 1 is 1.15 bits per heavy atom. The number of hydrogen-bond donors (Lipinski definition) is 1. The van der Waals surface area contributed by atoms with E-state index in [0.29, 0.717) is 11.4 Å². The van der Waals surface area contributed by atoms with Crippen molar-refractivity contribution >= 4 is 27.5 Å². The maximum atomic E-state index is 12.9. The summed E-state index contributed by atoms with van der Waals surface area (Å²) >= 11 is 6.03. The fourth-order valence-corrected chi connectivity index (χ4v) is 3.30. The lowest BCUT2D eigenvalue weighted by Crippen LogP contribution is -2.41. The summed E-state index contributed by atoms with van der Waals surface area (Å²) in [5, 5.41) is 3.20. The van der Waals surface area contributed by atoms with Crippen molar-refractivity contribution in [3.05, 3.63) is 70.5 Å². The fraction of sp³-hybridized carbons (Fsp3) is 0.278. The molecule has 0 heterocycles. The summed E-state index contributed by atoms with van der Waals surface area (Å²) in [6.07, 6.45) is 1.43. The van der Waals surface area contributed by atoms with E-state index in [4.69, 9.17) is 11.6 Å². The van der Waals surface area contributed by atoms with Crippen LogP contribution in [-0.4, -0.2) is 38.0 Å². The van der Waals surface area contributed by atoms with Crippen LogP contribution in [0.25, 0.3) is 0 Å². The highest BCUT2D eigenvalue weighted by Gasteiger charge is 2.20. The molecule has 0 bridgehead atoms. The molecule has 2 aromatic carbocycles. The average molecular weight is 399 g/mol. The highest BCUT2D eigenvalue weighted by atomic mass is 35.5. The molecular formula is C18H20ClFN2O3S. The number of carbonyl (C=O) groups excluding carboxylic acids is 1. The second-order valence-electron chi connectivity index (χ2n) is 5.84. The van der Waals surface area contributed by atoms with Gasteiger partial charge in [-0.2, -0.15) is 4.31 Å². The molecule has 140 valence electrons. The summed E-state index contributed by atoms with van der Waals surface area (Å²) in [4.78, 5) is 12.1. The largest absolute Gasteiger partial charge is 0.351 e. The van der Waals surface area contributed by atoms with E-state index < -0.39 is 15.9 Å². The molecule has 0 aromatic heterocycles. The van der Waals surface area contributed by atoms with Gasteiger partial charge in [-0.15, -0.1) is 0 Å². The molecule has 0 saturated heterocycles. The van der Waals surface area contributed by atoms with Crippen LogP contribution in [0.15, 0.2) is 48.5 Å². The van der Waals surface area contributed by atoms with E-state index in [1.54, 1.807) is 36.4 Å². The Morgan fingerprint density at radius 3 is 2.42 bits per heavy atom. The molecule has 0 saturated carbocycles. The molecule has 5 nitrogen and oxygen atoms in total. The normalized spacial score (nSPS) is 11.5. The minimum Gasteiger partial charge on any atom is -0.351 e. The highest BCUT2D eigenvalue weighted by molar-refractivity contribution is 7.88. The summed E-state index contributed by atoms with van der Waals surface area (Å²) in [6.45, 7) is 0.0581. The Kier molecular flexibility index (Phi) is 7.14. The number of nitrogens with one attached hydrogen (secondary N) is 1. The third kappa shape index (κ3) is 6.40. The van der Waals surface area contributed by atoms with Crippen LogP contribution in [0.3, 0.4) is 0 Å². The van der Waals surface area contributed by atoms with Crippen LogP contribution in [-0.2, 0) is 27.8 Å². The van der Waals surface area contributed by atoms with Gasteiger partial charge in [0.25, 0.3) is 0 Å². The number of benzene rings is 2. The van der Waals surface area contributed by atoms with Gasteiger partial charge in [0.1, 0.15) is 5.82 Å². The lowest BCUT2D eigenvalue weighted by molar-refractivity contribution is -0.121. The maximum absolute atomic E-state index is 12.9. The van der Waals surface area contributed by atoms with Gasteiger partial charge in [0.15, 0.2) is 0 Å². The van der Waals surface area contributed by atoms with Crippen molar-refractivity contribution in [2.24, 2.45) is 0 Å². The Hall–Kier alpha value is -1.96. The summed E-state index contributed by atoms with van der Waals surface area (Å²) in [5.41, 5.74) is 1.54. The minimum atomic E-state index is -3.56. The molecule has 0 aliphatic rings. The van der Waals surface area contributed by atoms with Crippen molar-refractivity contribution in [1.29, 1.82) is 0 Å². The number of hydrogen-bond acceptors (Lipinski definition) is 3. The van der Waals surface area contributed by atoms with Gasteiger partial charge in [0, 0.05) is 18.1 Å². The zero-order valence-corrected chi connectivity index (χ0v) is 15.9. The first kappa shape index (κ1) is 20.4. The van der Waals surface area contributed by atoms with Crippen molar-refractivity contribution in [3.63, 3.8) is 0 Å². The van der Waals surface area contributed by atoms with Gasteiger partial charge < -0.3 is 5.32 Å². The molecule has 0 atom stereocenters. The second-order valence-corrected chi connectivity index (χ2v) is 8.23. The molecule has 0 fully saturated rings. The monoisotopic (exact) mass is 398 g/mol. The molecule has 2 rings (SSSR count). The quantitative estimate of drug-likeness (QED) is 0.743. The summed E-state index contributed by atoms with van der Waals surface area (Å²) in [5.74, 6) is -0.776. The summed E-state index contributed by atoms with van der Waals surface area (Å²) in [7, 11) is -3.56. The number of amides is 1. The maximum Gasteiger partial charge on any atom is 0.235 e. The van der Waals surface area contributed by atoms with E-state index in [1.807, 2.05) is 0 Å². The summed E-state index contributed by atoms with van der Waals surface area (Å²) in [6, 6.07) is 12.9. The summed E-state index contributed by atoms with van der Waals surface area (Å²) < 4.78 is 37.9. The molecule has 8 heteroatoms. The smallest absolute Gasteiger partial charge is 0.235 e. The molecule has 1 amide bonds. The lowest BCUT2D eigenvalue weighted by Gasteiger charge is -2.19. The van der Waals surface area contributed by atoms with Gasteiger partial charge >= 0.3 is 0 Å². The molecule has 2 aromatic rings. The van der Waals surface area contributed by atoms with Gasteiger partial charge in [0.2, 0.25) is 15.9 Å². The van der Waals surface area contributed by atoms with Crippen molar-refractivity contribution in [2.75, 3.05) is 19.3 Å². The van der Waals surface area contributed by atoms with E-state index in [2.05, 4.69) is 5.32 Å². The number of nitrogens with zero attached hydrogens (tertiary/aromatic N) is 1. The van der Waals surface area contributed by atoms with Crippen LogP contribution < -0.4 is 5.32 Å². The van der Waals surface area contributed by atoms with E-state index in [1.165, 1.54) is 12.1 Å². The van der Waals surface area contributed by atoms with Crippen LogP contribution in [0.4, 0.5) is 4.39 Å². The first-order valence-corrected chi connectivity index (χ1v) is 10.2. The molecule has 0 aliphatic carbocycles. The Balaban J connectivity index is 1.93. The SMILES string of the molecule is CS(=O)(=O)N(CCc1ccc(F)cc1)CC(=O)NCc1ccccc1Cl. The Bertz CT molecular complexity index is 857. The molecule has 0 unspecified atom stereocenters. The zero-order chi connectivity index (χ0) is 19.2. The highest BCUT2D eigenvalue weighted by Crippen LogP contribution is 2.14. The van der Waals surface area contributed by atoms with E-state index in [-0.39, 0.29) is 25.5 Å². The Labute approximate surface area is 157 Å². The van der Waals surface area contributed by atoms with Gasteiger partial charge in [-0.1, -0.05) is 41.9 Å². The van der Waals surface area contributed by atoms with E-state index in [0.717, 1.165) is 21.7 Å². The molecule has 26 heavy (non-hydrogen) atoms. The molecule has 0 aliphatic heterocycles. The standard InChI is InChI=1S/C18H20ClFN2O3S/c1-26(24,25)22(11-10-14-6-8-16(20)9-7-14)13-18(23)21-12-15-4-2-3-5-17(15)19/h2-9H,10-13H2,1H3,(H,21,23). The predicted octanol–water partition coefficient (Wildman–Crippen LogP) is 2.60. The molecule has 1 N–H and O–H groups in total. The van der Waals surface area contributed by atoms with Gasteiger partial charge in [0.05, 0.1) is 12.8 Å². The molecular weight excluding hydrogens is 379 g/mol.